The normalized spacial score (nSPS) is 29.8. The summed E-state index contributed by atoms with van der Waals surface area (Å²) >= 11 is 0. The Balaban J connectivity index is 1.38. The lowest BCUT2D eigenvalue weighted by molar-refractivity contribution is -0.00619. The molecule has 0 atom stereocenters. The van der Waals surface area contributed by atoms with Gasteiger partial charge in [-0.1, -0.05) is 24.3 Å². The number of hydrogen-bond acceptors (Lipinski definition) is 2. The second-order valence-corrected chi connectivity index (χ2v) is 9.73. The van der Waals surface area contributed by atoms with Crippen LogP contribution < -0.4 is 4.74 Å². The van der Waals surface area contributed by atoms with Crippen LogP contribution >= 0.6 is 0 Å². The van der Waals surface area contributed by atoms with E-state index in [2.05, 4.69) is 18.2 Å². The van der Waals surface area contributed by atoms with Crippen LogP contribution in [-0.2, 0) is 18.3 Å². The highest BCUT2D eigenvalue weighted by Gasteiger charge is 2.52. The number of carbonyl (C=O) groups is 1. The van der Waals surface area contributed by atoms with Gasteiger partial charge in [0.2, 0.25) is 0 Å². The summed E-state index contributed by atoms with van der Waals surface area (Å²) in [4.78, 5) is 11.0. The Morgan fingerprint density at radius 3 is 2.03 bits per heavy atom. The molecule has 6 rings (SSSR count). The molecule has 0 heterocycles. The lowest BCUT2D eigenvalue weighted by atomic mass is 9.48. The summed E-state index contributed by atoms with van der Waals surface area (Å²) in [6.45, 7) is 0. The zero-order valence-electron chi connectivity index (χ0n) is 17.2. The van der Waals surface area contributed by atoms with Gasteiger partial charge in [-0.25, -0.2) is 4.79 Å². The number of aryl methyl sites for hydroxylation is 2. The highest BCUT2D eigenvalue weighted by molar-refractivity contribution is 5.87. The van der Waals surface area contributed by atoms with Crippen LogP contribution in [0.15, 0.2) is 42.5 Å². The SMILES string of the molecule is COc1ccc(CCc2ccc(C(=O)O)cc2)cc1C12CC3CC(CC(C3)C1)C2. The molecule has 3 heteroatoms. The molecular formula is C26H30O3. The monoisotopic (exact) mass is 390 g/mol. The Morgan fingerprint density at radius 2 is 1.48 bits per heavy atom. The van der Waals surface area contributed by atoms with Crippen molar-refractivity contribution in [1.29, 1.82) is 0 Å². The van der Waals surface area contributed by atoms with E-state index in [1.165, 1.54) is 55.2 Å². The molecular weight excluding hydrogens is 360 g/mol. The van der Waals surface area contributed by atoms with E-state index in [1.807, 2.05) is 19.2 Å². The smallest absolute Gasteiger partial charge is 0.335 e. The maximum absolute atomic E-state index is 11.0. The van der Waals surface area contributed by atoms with Crippen molar-refractivity contribution >= 4 is 5.97 Å². The van der Waals surface area contributed by atoms with E-state index in [9.17, 15) is 4.79 Å². The van der Waals surface area contributed by atoms with Crippen LogP contribution in [0.25, 0.3) is 0 Å². The molecule has 0 unspecified atom stereocenters. The fraction of sp³-hybridized carbons (Fsp3) is 0.500. The number of carboxylic acids is 1. The maximum atomic E-state index is 11.0. The zero-order chi connectivity index (χ0) is 20.0. The molecule has 0 aliphatic heterocycles. The van der Waals surface area contributed by atoms with Gasteiger partial charge in [0.1, 0.15) is 5.75 Å². The number of benzene rings is 2. The number of rotatable bonds is 6. The topological polar surface area (TPSA) is 46.5 Å². The molecule has 0 spiro atoms. The summed E-state index contributed by atoms with van der Waals surface area (Å²) in [6.07, 6.45) is 10.3. The minimum Gasteiger partial charge on any atom is -0.496 e. The molecule has 0 amide bonds. The van der Waals surface area contributed by atoms with Crippen LogP contribution in [0.3, 0.4) is 0 Å². The molecule has 0 saturated heterocycles. The van der Waals surface area contributed by atoms with Gasteiger partial charge in [-0.05, 0) is 104 Å². The molecule has 2 aromatic rings. The van der Waals surface area contributed by atoms with Crippen molar-refractivity contribution in [3.63, 3.8) is 0 Å². The van der Waals surface area contributed by atoms with E-state index in [-0.39, 0.29) is 0 Å². The molecule has 4 bridgehead atoms. The molecule has 3 nitrogen and oxygen atoms in total. The van der Waals surface area contributed by atoms with Crippen molar-refractivity contribution in [2.45, 2.75) is 56.8 Å². The first-order valence-electron chi connectivity index (χ1n) is 11.0. The number of aromatic carboxylic acids is 1. The minimum absolute atomic E-state index is 0.333. The van der Waals surface area contributed by atoms with E-state index in [1.54, 1.807) is 12.1 Å². The Hall–Kier alpha value is -2.29. The van der Waals surface area contributed by atoms with E-state index in [0.717, 1.165) is 36.3 Å². The number of ether oxygens (including phenoxy) is 1. The van der Waals surface area contributed by atoms with Crippen LogP contribution in [0, 0.1) is 17.8 Å². The summed E-state index contributed by atoms with van der Waals surface area (Å²) in [5, 5.41) is 9.07. The molecule has 4 aliphatic carbocycles. The maximum Gasteiger partial charge on any atom is 0.335 e. The summed E-state index contributed by atoms with van der Waals surface area (Å²) in [5.41, 5.74) is 4.68. The Labute approximate surface area is 173 Å². The molecule has 4 fully saturated rings. The van der Waals surface area contributed by atoms with Gasteiger partial charge < -0.3 is 9.84 Å². The Bertz CT molecular complexity index is 877. The number of carboxylic acid groups (broad SMARTS) is 1. The Morgan fingerprint density at radius 1 is 0.931 bits per heavy atom. The van der Waals surface area contributed by atoms with Gasteiger partial charge in [-0.15, -0.1) is 0 Å². The lowest BCUT2D eigenvalue weighted by Crippen LogP contribution is -2.48. The quantitative estimate of drug-likeness (QED) is 0.694. The van der Waals surface area contributed by atoms with Crippen molar-refractivity contribution in [2.24, 2.45) is 17.8 Å². The van der Waals surface area contributed by atoms with Gasteiger partial charge in [-0.3, -0.25) is 0 Å². The van der Waals surface area contributed by atoms with Crippen molar-refractivity contribution < 1.29 is 14.6 Å². The highest BCUT2D eigenvalue weighted by atomic mass is 16.5. The third-order valence-corrected chi connectivity index (χ3v) is 7.78. The molecule has 0 aromatic heterocycles. The van der Waals surface area contributed by atoms with Crippen LogP contribution in [0.1, 0.15) is 65.6 Å². The summed E-state index contributed by atoms with van der Waals surface area (Å²) < 4.78 is 5.83. The van der Waals surface area contributed by atoms with Crippen molar-refractivity contribution in [3.05, 3.63) is 64.7 Å². The van der Waals surface area contributed by atoms with E-state index >= 15 is 0 Å². The van der Waals surface area contributed by atoms with Crippen molar-refractivity contribution in [3.8, 4) is 5.75 Å². The average molecular weight is 391 g/mol. The van der Waals surface area contributed by atoms with E-state index in [0.29, 0.717) is 11.0 Å². The average Bonchev–Trinajstić information content (AvgIpc) is 2.71. The number of methoxy groups -OCH3 is 1. The summed E-state index contributed by atoms with van der Waals surface area (Å²) in [6, 6.07) is 14.1. The van der Waals surface area contributed by atoms with Gasteiger partial charge in [0.15, 0.2) is 0 Å². The van der Waals surface area contributed by atoms with Crippen LogP contribution in [0.2, 0.25) is 0 Å². The molecule has 4 aliphatic rings. The van der Waals surface area contributed by atoms with Gasteiger partial charge in [0.25, 0.3) is 0 Å². The third kappa shape index (κ3) is 3.45. The highest BCUT2D eigenvalue weighted by Crippen LogP contribution is 2.61. The lowest BCUT2D eigenvalue weighted by Gasteiger charge is -2.57. The first-order chi connectivity index (χ1) is 14.0. The standard InChI is InChI=1S/C26H30O3/c1-29-24-9-6-18(3-2-17-4-7-22(8-5-17)25(27)28)13-23(24)26-14-19-10-20(15-26)12-21(11-19)16-26/h4-9,13,19-21H,2-3,10-12,14-16H2,1H3,(H,27,28). The summed E-state index contributed by atoms with van der Waals surface area (Å²) in [5.74, 6) is 2.96. The molecule has 4 saturated carbocycles. The van der Waals surface area contributed by atoms with Crippen LogP contribution in [0.5, 0.6) is 5.75 Å². The first kappa shape index (κ1) is 18.7. The predicted octanol–water partition coefficient (Wildman–Crippen LogP) is 5.65. The van der Waals surface area contributed by atoms with E-state index in [4.69, 9.17) is 9.84 Å². The fourth-order valence-electron chi connectivity index (χ4n) is 6.87. The molecule has 1 N–H and O–H groups in total. The molecule has 152 valence electrons. The fourth-order valence-corrected chi connectivity index (χ4v) is 6.87. The van der Waals surface area contributed by atoms with Crippen LogP contribution in [-0.4, -0.2) is 18.2 Å². The van der Waals surface area contributed by atoms with Crippen LogP contribution in [0.4, 0.5) is 0 Å². The van der Waals surface area contributed by atoms with Gasteiger partial charge in [0, 0.05) is 5.56 Å². The third-order valence-electron chi connectivity index (χ3n) is 7.78. The molecule has 0 radical (unpaired) electrons. The van der Waals surface area contributed by atoms with Gasteiger partial charge in [0.05, 0.1) is 12.7 Å². The van der Waals surface area contributed by atoms with Gasteiger partial charge >= 0.3 is 5.97 Å². The summed E-state index contributed by atoms with van der Waals surface area (Å²) in [7, 11) is 1.81. The molecule has 29 heavy (non-hydrogen) atoms. The largest absolute Gasteiger partial charge is 0.496 e. The predicted molar refractivity (Wildman–Crippen MR) is 114 cm³/mol. The minimum atomic E-state index is -0.869. The number of hydrogen-bond donors (Lipinski definition) is 1. The van der Waals surface area contributed by atoms with Gasteiger partial charge in [-0.2, -0.15) is 0 Å². The Kier molecular flexibility index (Phi) is 4.64. The van der Waals surface area contributed by atoms with E-state index < -0.39 is 5.97 Å². The molecule has 2 aromatic carbocycles. The zero-order valence-corrected chi connectivity index (χ0v) is 17.2. The van der Waals surface area contributed by atoms with Crippen molar-refractivity contribution in [1.82, 2.24) is 0 Å². The second-order valence-electron chi connectivity index (χ2n) is 9.73. The second kappa shape index (κ2) is 7.19. The first-order valence-corrected chi connectivity index (χ1v) is 11.0. The van der Waals surface area contributed by atoms with Crippen molar-refractivity contribution in [2.75, 3.05) is 7.11 Å².